The summed E-state index contributed by atoms with van der Waals surface area (Å²) in [6.45, 7) is 0. The molecule has 7 aromatic carbocycles. The predicted octanol–water partition coefficient (Wildman–Crippen LogP) is 10.5. The summed E-state index contributed by atoms with van der Waals surface area (Å²) < 4.78 is 0. The monoisotopic (exact) mass is 572 g/mol. The van der Waals surface area contributed by atoms with Crippen LogP contribution in [0, 0.1) is 0 Å². The highest BCUT2D eigenvalue weighted by molar-refractivity contribution is 5.97. The number of fused-ring (bicyclic) bond motifs is 5. The lowest BCUT2D eigenvalue weighted by molar-refractivity contribution is 0.769. The minimum Gasteiger partial charge on any atom is -0.244 e. The van der Waals surface area contributed by atoms with Gasteiger partial charge in [0.25, 0.3) is 0 Å². The van der Waals surface area contributed by atoms with E-state index in [1.807, 2.05) is 30.3 Å². The second kappa shape index (κ2) is 10.1. The number of aromatic nitrogens is 2. The van der Waals surface area contributed by atoms with Crippen LogP contribution in [-0.4, -0.2) is 9.97 Å². The lowest BCUT2D eigenvalue weighted by Gasteiger charge is -2.34. The molecule has 1 aliphatic carbocycles. The molecule has 0 bridgehead atoms. The molecule has 0 spiro atoms. The lowest BCUT2D eigenvalue weighted by atomic mass is 9.67. The first-order valence-electron chi connectivity index (χ1n) is 15.4. The Morgan fingerprint density at radius 2 is 0.844 bits per heavy atom. The highest BCUT2D eigenvalue weighted by Crippen LogP contribution is 2.57. The van der Waals surface area contributed by atoms with Gasteiger partial charge in [-0.3, -0.25) is 0 Å². The number of para-hydroxylation sites is 2. The molecule has 1 aliphatic rings. The highest BCUT2D eigenvalue weighted by Gasteiger charge is 2.46. The zero-order valence-electron chi connectivity index (χ0n) is 24.6. The van der Waals surface area contributed by atoms with Crippen molar-refractivity contribution in [1.29, 1.82) is 0 Å². The van der Waals surface area contributed by atoms with Gasteiger partial charge in [-0.15, -0.1) is 0 Å². The Morgan fingerprint density at radius 1 is 0.356 bits per heavy atom. The molecule has 0 unspecified atom stereocenters. The predicted molar refractivity (Wildman–Crippen MR) is 185 cm³/mol. The third kappa shape index (κ3) is 3.89. The Kier molecular flexibility index (Phi) is 5.76. The van der Waals surface area contributed by atoms with E-state index in [9.17, 15) is 0 Å². The van der Waals surface area contributed by atoms with E-state index in [1.54, 1.807) is 0 Å². The van der Waals surface area contributed by atoms with Crippen LogP contribution < -0.4 is 0 Å². The Morgan fingerprint density at radius 3 is 1.47 bits per heavy atom. The quantitative estimate of drug-likeness (QED) is 0.210. The first kappa shape index (κ1) is 25.6. The van der Waals surface area contributed by atoms with Crippen LogP contribution in [0.25, 0.3) is 55.4 Å². The van der Waals surface area contributed by atoms with E-state index in [4.69, 9.17) is 9.97 Å². The van der Waals surface area contributed by atoms with Crippen molar-refractivity contribution in [2.75, 3.05) is 0 Å². The number of hydrogen-bond acceptors (Lipinski definition) is 2. The van der Waals surface area contributed by atoms with Gasteiger partial charge in [0.2, 0.25) is 0 Å². The average Bonchev–Trinajstić information content (AvgIpc) is 3.40. The molecule has 45 heavy (non-hydrogen) atoms. The van der Waals surface area contributed by atoms with Gasteiger partial charge in [-0.05, 0) is 74.5 Å². The number of rotatable bonds is 4. The van der Waals surface area contributed by atoms with Crippen LogP contribution in [0.1, 0.15) is 22.3 Å². The molecule has 0 saturated heterocycles. The van der Waals surface area contributed by atoms with E-state index in [2.05, 4.69) is 140 Å². The number of hydrogen-bond donors (Lipinski definition) is 0. The van der Waals surface area contributed by atoms with Gasteiger partial charge in [-0.2, -0.15) is 0 Å². The van der Waals surface area contributed by atoms with E-state index >= 15 is 0 Å². The molecular weight excluding hydrogens is 544 g/mol. The Balaban J connectivity index is 1.38. The largest absolute Gasteiger partial charge is 0.244 e. The van der Waals surface area contributed by atoms with Crippen LogP contribution in [-0.2, 0) is 5.41 Å². The second-order valence-corrected chi connectivity index (χ2v) is 11.8. The van der Waals surface area contributed by atoms with E-state index < -0.39 is 5.41 Å². The molecule has 9 rings (SSSR count). The Hall–Kier alpha value is -5.86. The van der Waals surface area contributed by atoms with Gasteiger partial charge in [-0.25, -0.2) is 9.97 Å². The van der Waals surface area contributed by atoms with Crippen molar-refractivity contribution in [3.8, 4) is 33.6 Å². The first-order chi connectivity index (χ1) is 22.3. The molecule has 1 heterocycles. The molecule has 0 saturated carbocycles. The van der Waals surface area contributed by atoms with Crippen molar-refractivity contribution in [3.63, 3.8) is 0 Å². The van der Waals surface area contributed by atoms with Gasteiger partial charge in [-0.1, -0.05) is 140 Å². The summed E-state index contributed by atoms with van der Waals surface area (Å²) in [6, 6.07) is 60.9. The summed E-state index contributed by atoms with van der Waals surface area (Å²) in [5.41, 5.74) is 12.8. The van der Waals surface area contributed by atoms with Gasteiger partial charge >= 0.3 is 0 Å². The van der Waals surface area contributed by atoms with E-state index in [0.717, 1.165) is 33.5 Å². The SMILES string of the molecule is c1ccc(-c2nc3ccccc3nc2-c2ccc3c(c2)-c2cc4ccccc4cc2C3(c2ccccc2)c2ccccc2)cc1. The second-order valence-electron chi connectivity index (χ2n) is 11.8. The van der Waals surface area contributed by atoms with Gasteiger partial charge in [0.05, 0.1) is 27.8 Å². The minimum absolute atomic E-state index is 0.465. The molecule has 8 aromatic rings. The molecule has 0 fully saturated rings. The molecule has 2 nitrogen and oxygen atoms in total. The summed E-state index contributed by atoms with van der Waals surface area (Å²) in [4.78, 5) is 10.4. The van der Waals surface area contributed by atoms with E-state index in [0.29, 0.717) is 0 Å². The molecule has 0 atom stereocenters. The average molecular weight is 573 g/mol. The van der Waals surface area contributed by atoms with Crippen LogP contribution in [0.3, 0.4) is 0 Å². The lowest BCUT2D eigenvalue weighted by Crippen LogP contribution is -2.28. The summed E-state index contributed by atoms with van der Waals surface area (Å²) in [7, 11) is 0. The van der Waals surface area contributed by atoms with Crippen molar-refractivity contribution in [1.82, 2.24) is 9.97 Å². The normalized spacial score (nSPS) is 13.1. The standard InChI is InChI=1S/C43H28N2/c1-4-14-29(15-5-1)41-42(45-40-23-13-12-22-39(40)44-41)32-24-25-37-35(27-32)36-26-30-16-10-11-17-31(30)28-38(36)43(37,33-18-6-2-7-19-33)34-20-8-3-9-21-34/h1-28H. The fraction of sp³-hybridized carbons (Fsp3) is 0.0233. The van der Waals surface area contributed by atoms with Crippen molar-refractivity contribution in [2.45, 2.75) is 5.41 Å². The summed E-state index contributed by atoms with van der Waals surface area (Å²) in [6.07, 6.45) is 0. The maximum Gasteiger partial charge on any atom is 0.0973 e. The van der Waals surface area contributed by atoms with Crippen molar-refractivity contribution in [2.24, 2.45) is 0 Å². The molecule has 210 valence electrons. The summed E-state index contributed by atoms with van der Waals surface area (Å²) in [5, 5.41) is 2.48. The van der Waals surface area contributed by atoms with Gasteiger partial charge in [0.15, 0.2) is 0 Å². The van der Waals surface area contributed by atoms with Gasteiger partial charge in [0.1, 0.15) is 0 Å². The summed E-state index contributed by atoms with van der Waals surface area (Å²) in [5.74, 6) is 0. The fourth-order valence-electron chi connectivity index (χ4n) is 7.32. The Labute approximate surface area is 262 Å². The van der Waals surface area contributed by atoms with Crippen LogP contribution in [0.5, 0.6) is 0 Å². The number of benzene rings is 7. The van der Waals surface area contributed by atoms with Crippen LogP contribution in [0.15, 0.2) is 170 Å². The molecule has 0 radical (unpaired) electrons. The smallest absolute Gasteiger partial charge is 0.0973 e. The maximum atomic E-state index is 5.24. The summed E-state index contributed by atoms with van der Waals surface area (Å²) >= 11 is 0. The van der Waals surface area contributed by atoms with Crippen LogP contribution >= 0.6 is 0 Å². The molecule has 0 amide bonds. The zero-order chi connectivity index (χ0) is 29.8. The molecule has 0 aliphatic heterocycles. The topological polar surface area (TPSA) is 25.8 Å². The van der Waals surface area contributed by atoms with Crippen molar-refractivity contribution >= 4 is 21.8 Å². The maximum absolute atomic E-state index is 5.24. The van der Waals surface area contributed by atoms with Crippen LogP contribution in [0.4, 0.5) is 0 Å². The van der Waals surface area contributed by atoms with Crippen molar-refractivity contribution in [3.05, 3.63) is 192 Å². The molecule has 2 heteroatoms. The molecule has 0 N–H and O–H groups in total. The van der Waals surface area contributed by atoms with E-state index in [-0.39, 0.29) is 0 Å². The molecular formula is C43H28N2. The van der Waals surface area contributed by atoms with Gasteiger partial charge < -0.3 is 0 Å². The van der Waals surface area contributed by atoms with Crippen LogP contribution in [0.2, 0.25) is 0 Å². The third-order valence-electron chi connectivity index (χ3n) is 9.31. The first-order valence-corrected chi connectivity index (χ1v) is 15.4. The third-order valence-corrected chi connectivity index (χ3v) is 9.31. The van der Waals surface area contributed by atoms with Gasteiger partial charge in [0, 0.05) is 11.1 Å². The van der Waals surface area contributed by atoms with Crippen molar-refractivity contribution < 1.29 is 0 Å². The Bertz CT molecular complexity index is 2320. The zero-order valence-corrected chi connectivity index (χ0v) is 24.6. The minimum atomic E-state index is -0.465. The molecule has 1 aromatic heterocycles. The fourth-order valence-corrected chi connectivity index (χ4v) is 7.32. The van der Waals surface area contributed by atoms with E-state index in [1.165, 1.54) is 44.2 Å². The number of nitrogens with zero attached hydrogens (tertiary/aromatic N) is 2. The highest BCUT2D eigenvalue weighted by atomic mass is 14.8.